The van der Waals surface area contributed by atoms with E-state index in [1.54, 1.807) is 67.6 Å². The second-order valence-electron chi connectivity index (χ2n) is 5.84. The molecule has 2 aromatic rings. The summed E-state index contributed by atoms with van der Waals surface area (Å²) in [4.78, 5) is 26.5. The minimum absolute atomic E-state index is 0.0763. The van der Waals surface area contributed by atoms with Gasteiger partial charge in [0.05, 0.1) is 7.11 Å². The fraction of sp³-hybridized carbons (Fsp3) is 0.300. The molecule has 0 heterocycles. The van der Waals surface area contributed by atoms with E-state index in [1.165, 1.54) is 0 Å². The van der Waals surface area contributed by atoms with Crippen molar-refractivity contribution in [2.75, 3.05) is 26.0 Å². The van der Waals surface area contributed by atoms with Gasteiger partial charge >= 0.3 is 0 Å². The molecule has 5 nitrogen and oxygen atoms in total. The second kappa shape index (κ2) is 8.87. The minimum atomic E-state index is -0.254. The van der Waals surface area contributed by atoms with Crippen molar-refractivity contribution in [3.8, 4) is 5.75 Å². The first-order valence-corrected chi connectivity index (χ1v) is 8.36. The van der Waals surface area contributed by atoms with E-state index in [2.05, 4.69) is 12.2 Å². The molecule has 0 spiro atoms. The highest BCUT2D eigenvalue weighted by atomic mass is 16.5. The molecule has 0 radical (unpaired) electrons. The highest BCUT2D eigenvalue weighted by Crippen LogP contribution is 2.16. The fourth-order valence-corrected chi connectivity index (χ4v) is 2.39. The summed E-state index contributed by atoms with van der Waals surface area (Å²) < 4.78 is 5.10. The van der Waals surface area contributed by atoms with Gasteiger partial charge in [0.25, 0.3) is 11.8 Å². The molecular weight excluding hydrogens is 316 g/mol. The number of hydrogen-bond donors (Lipinski definition) is 1. The molecule has 132 valence electrons. The van der Waals surface area contributed by atoms with Crippen LogP contribution in [0, 0.1) is 0 Å². The molecule has 0 aliphatic carbocycles. The van der Waals surface area contributed by atoms with Crippen LogP contribution < -0.4 is 10.1 Å². The lowest BCUT2D eigenvalue weighted by Crippen LogP contribution is -2.28. The molecule has 5 heteroatoms. The molecule has 0 saturated carbocycles. The largest absolute Gasteiger partial charge is 0.497 e. The minimum Gasteiger partial charge on any atom is -0.497 e. The van der Waals surface area contributed by atoms with E-state index in [0.717, 1.165) is 18.6 Å². The van der Waals surface area contributed by atoms with Crippen molar-refractivity contribution in [1.29, 1.82) is 0 Å². The van der Waals surface area contributed by atoms with E-state index in [-0.39, 0.29) is 11.8 Å². The van der Waals surface area contributed by atoms with Gasteiger partial charge in [-0.3, -0.25) is 9.59 Å². The molecule has 0 aliphatic rings. The maximum absolute atomic E-state index is 12.4. The Morgan fingerprint density at radius 1 is 1.08 bits per heavy atom. The predicted molar refractivity (Wildman–Crippen MR) is 99.3 cm³/mol. The van der Waals surface area contributed by atoms with Crippen molar-refractivity contribution in [2.45, 2.75) is 19.8 Å². The number of methoxy groups -OCH3 is 1. The van der Waals surface area contributed by atoms with Gasteiger partial charge in [-0.15, -0.1) is 0 Å². The summed E-state index contributed by atoms with van der Waals surface area (Å²) >= 11 is 0. The van der Waals surface area contributed by atoms with Crippen LogP contribution in [0.3, 0.4) is 0 Å². The standard InChI is InChI=1S/C20H24N2O3/c1-4-5-13-22(2)20(24)16-8-6-7-15(14-16)19(23)21-17-9-11-18(25-3)12-10-17/h6-12,14H,4-5,13H2,1-3H3,(H,21,23). The monoisotopic (exact) mass is 340 g/mol. The number of carbonyl (C=O) groups excluding carboxylic acids is 2. The maximum atomic E-state index is 12.4. The second-order valence-corrected chi connectivity index (χ2v) is 5.84. The number of benzene rings is 2. The summed E-state index contributed by atoms with van der Waals surface area (Å²) in [5, 5.41) is 2.82. The molecule has 2 aromatic carbocycles. The summed E-state index contributed by atoms with van der Waals surface area (Å²) in [6.45, 7) is 2.79. The quantitative estimate of drug-likeness (QED) is 0.833. The van der Waals surface area contributed by atoms with Gasteiger partial charge in [-0.2, -0.15) is 0 Å². The lowest BCUT2D eigenvalue weighted by molar-refractivity contribution is 0.0793. The zero-order valence-corrected chi connectivity index (χ0v) is 14.9. The summed E-state index contributed by atoms with van der Waals surface area (Å²) in [7, 11) is 3.37. The van der Waals surface area contributed by atoms with Crippen molar-refractivity contribution in [1.82, 2.24) is 4.90 Å². The van der Waals surface area contributed by atoms with Crippen molar-refractivity contribution < 1.29 is 14.3 Å². The van der Waals surface area contributed by atoms with Crippen molar-refractivity contribution in [3.63, 3.8) is 0 Å². The first kappa shape index (κ1) is 18.5. The van der Waals surface area contributed by atoms with Gasteiger partial charge in [-0.05, 0) is 48.9 Å². The van der Waals surface area contributed by atoms with Crippen LogP contribution in [-0.4, -0.2) is 37.4 Å². The van der Waals surface area contributed by atoms with Crippen molar-refractivity contribution in [2.24, 2.45) is 0 Å². The van der Waals surface area contributed by atoms with Crippen LogP contribution in [0.15, 0.2) is 48.5 Å². The Bertz CT molecular complexity index is 726. The Morgan fingerprint density at radius 2 is 1.76 bits per heavy atom. The molecule has 0 aromatic heterocycles. The highest BCUT2D eigenvalue weighted by Gasteiger charge is 2.14. The fourth-order valence-electron chi connectivity index (χ4n) is 2.39. The number of anilines is 1. The Labute approximate surface area is 148 Å². The molecule has 0 atom stereocenters. The summed E-state index contributed by atoms with van der Waals surface area (Å²) in [5.74, 6) is 0.393. The van der Waals surface area contributed by atoms with Crippen molar-refractivity contribution >= 4 is 17.5 Å². The van der Waals surface area contributed by atoms with Gasteiger partial charge in [0.15, 0.2) is 0 Å². The van der Waals surface area contributed by atoms with E-state index in [9.17, 15) is 9.59 Å². The van der Waals surface area contributed by atoms with Crippen LogP contribution in [0.1, 0.15) is 40.5 Å². The Morgan fingerprint density at radius 3 is 2.40 bits per heavy atom. The summed E-state index contributed by atoms with van der Waals surface area (Å²) in [5.41, 5.74) is 1.63. The van der Waals surface area contributed by atoms with Gasteiger partial charge in [0, 0.05) is 30.4 Å². The Hall–Kier alpha value is -2.82. The lowest BCUT2D eigenvalue weighted by Gasteiger charge is -2.17. The first-order chi connectivity index (χ1) is 12.0. The predicted octanol–water partition coefficient (Wildman–Crippen LogP) is 3.82. The molecule has 25 heavy (non-hydrogen) atoms. The summed E-state index contributed by atoms with van der Waals surface area (Å²) in [6, 6.07) is 13.9. The Kier molecular flexibility index (Phi) is 6.57. The third-order valence-corrected chi connectivity index (χ3v) is 3.91. The molecular formula is C20H24N2O3. The maximum Gasteiger partial charge on any atom is 0.255 e. The van der Waals surface area contributed by atoms with Crippen LogP contribution in [-0.2, 0) is 0 Å². The van der Waals surface area contributed by atoms with Gasteiger partial charge in [0.2, 0.25) is 0 Å². The van der Waals surface area contributed by atoms with E-state index in [4.69, 9.17) is 4.74 Å². The van der Waals surface area contributed by atoms with Gasteiger partial charge in [-0.25, -0.2) is 0 Å². The van der Waals surface area contributed by atoms with Crippen LogP contribution in [0.2, 0.25) is 0 Å². The smallest absolute Gasteiger partial charge is 0.255 e. The van der Waals surface area contributed by atoms with Gasteiger partial charge in [0.1, 0.15) is 5.75 Å². The number of amides is 2. The van der Waals surface area contributed by atoms with Crippen LogP contribution in [0.4, 0.5) is 5.69 Å². The molecule has 0 fully saturated rings. The number of unbranched alkanes of at least 4 members (excludes halogenated alkanes) is 1. The highest BCUT2D eigenvalue weighted by molar-refractivity contribution is 6.06. The average molecular weight is 340 g/mol. The van der Waals surface area contributed by atoms with Crippen LogP contribution in [0.5, 0.6) is 5.75 Å². The topological polar surface area (TPSA) is 58.6 Å². The molecule has 2 amide bonds. The number of nitrogens with zero attached hydrogens (tertiary/aromatic N) is 1. The SMILES string of the molecule is CCCCN(C)C(=O)c1cccc(C(=O)Nc2ccc(OC)cc2)c1. The van der Waals surface area contributed by atoms with E-state index < -0.39 is 0 Å². The molecule has 0 unspecified atom stereocenters. The third kappa shape index (κ3) is 5.08. The number of rotatable bonds is 7. The number of hydrogen-bond acceptors (Lipinski definition) is 3. The summed E-state index contributed by atoms with van der Waals surface area (Å²) in [6.07, 6.45) is 1.99. The Balaban J connectivity index is 2.08. The van der Waals surface area contributed by atoms with Gasteiger partial charge < -0.3 is 15.0 Å². The van der Waals surface area contributed by atoms with Gasteiger partial charge in [-0.1, -0.05) is 19.4 Å². The number of nitrogens with one attached hydrogen (secondary N) is 1. The number of carbonyl (C=O) groups is 2. The van der Waals surface area contributed by atoms with Crippen LogP contribution in [0.25, 0.3) is 0 Å². The van der Waals surface area contributed by atoms with E-state index in [0.29, 0.717) is 23.4 Å². The normalized spacial score (nSPS) is 10.2. The first-order valence-electron chi connectivity index (χ1n) is 8.36. The van der Waals surface area contributed by atoms with E-state index in [1.807, 2.05) is 0 Å². The lowest BCUT2D eigenvalue weighted by atomic mass is 10.1. The molecule has 1 N–H and O–H groups in total. The zero-order valence-electron chi connectivity index (χ0n) is 14.9. The third-order valence-electron chi connectivity index (χ3n) is 3.91. The molecule has 0 saturated heterocycles. The molecule has 0 aliphatic heterocycles. The van der Waals surface area contributed by atoms with Crippen LogP contribution >= 0.6 is 0 Å². The molecule has 0 bridgehead atoms. The number of ether oxygens (including phenoxy) is 1. The molecule has 2 rings (SSSR count). The van der Waals surface area contributed by atoms with Crippen molar-refractivity contribution in [3.05, 3.63) is 59.7 Å². The van der Waals surface area contributed by atoms with E-state index >= 15 is 0 Å². The average Bonchev–Trinajstić information content (AvgIpc) is 2.66. The zero-order chi connectivity index (χ0) is 18.2.